The standard InChI is InChI=1S/C15H15FO5/c1-2-15(7-3-4-8-15)21-14(19)20-12-9-10(13(17)18)5-6-11(12)16/h2,5-6,9H,1,3-4,7-8H2,(H,17,18). The van der Waals surface area contributed by atoms with E-state index < -0.39 is 29.3 Å². The van der Waals surface area contributed by atoms with Gasteiger partial charge in [0.2, 0.25) is 0 Å². The maximum absolute atomic E-state index is 13.5. The molecule has 1 N–H and O–H groups in total. The van der Waals surface area contributed by atoms with E-state index in [1.807, 2.05) is 0 Å². The molecule has 1 aliphatic carbocycles. The van der Waals surface area contributed by atoms with Gasteiger partial charge in [0, 0.05) is 0 Å². The highest BCUT2D eigenvalue weighted by Gasteiger charge is 2.35. The predicted molar refractivity (Wildman–Crippen MR) is 71.9 cm³/mol. The van der Waals surface area contributed by atoms with Crippen LogP contribution in [0.1, 0.15) is 36.0 Å². The highest BCUT2D eigenvalue weighted by molar-refractivity contribution is 5.88. The van der Waals surface area contributed by atoms with Crippen LogP contribution < -0.4 is 4.74 Å². The molecule has 0 amide bonds. The molecule has 0 bridgehead atoms. The summed E-state index contributed by atoms with van der Waals surface area (Å²) in [7, 11) is 0. The van der Waals surface area contributed by atoms with Crippen LogP contribution in [0, 0.1) is 5.82 Å². The second-order valence-corrected chi connectivity index (χ2v) is 4.88. The van der Waals surface area contributed by atoms with Gasteiger partial charge in [-0.3, -0.25) is 0 Å². The third-order valence-electron chi connectivity index (χ3n) is 3.48. The first kappa shape index (κ1) is 15.0. The summed E-state index contributed by atoms with van der Waals surface area (Å²) >= 11 is 0. The van der Waals surface area contributed by atoms with E-state index in [1.165, 1.54) is 0 Å². The Balaban J connectivity index is 2.10. The normalized spacial score (nSPS) is 16.2. The van der Waals surface area contributed by atoms with Crippen molar-refractivity contribution in [2.45, 2.75) is 31.3 Å². The van der Waals surface area contributed by atoms with Gasteiger partial charge >= 0.3 is 12.1 Å². The minimum absolute atomic E-state index is 0.182. The highest BCUT2D eigenvalue weighted by atomic mass is 19.1. The Morgan fingerprint density at radius 2 is 2.00 bits per heavy atom. The molecular weight excluding hydrogens is 279 g/mol. The van der Waals surface area contributed by atoms with Gasteiger partial charge < -0.3 is 14.6 Å². The fraction of sp³-hybridized carbons (Fsp3) is 0.333. The van der Waals surface area contributed by atoms with Crippen molar-refractivity contribution in [1.82, 2.24) is 0 Å². The highest BCUT2D eigenvalue weighted by Crippen LogP contribution is 2.34. The van der Waals surface area contributed by atoms with Crippen LogP contribution in [-0.4, -0.2) is 22.8 Å². The van der Waals surface area contributed by atoms with Crippen LogP contribution >= 0.6 is 0 Å². The van der Waals surface area contributed by atoms with Crippen LogP contribution in [0.15, 0.2) is 30.9 Å². The lowest BCUT2D eigenvalue weighted by Gasteiger charge is -2.24. The molecule has 0 atom stereocenters. The zero-order valence-electron chi connectivity index (χ0n) is 11.3. The van der Waals surface area contributed by atoms with Gasteiger partial charge in [0.05, 0.1) is 5.56 Å². The molecule has 1 saturated carbocycles. The third-order valence-corrected chi connectivity index (χ3v) is 3.48. The van der Waals surface area contributed by atoms with Gasteiger partial charge in [-0.1, -0.05) is 6.58 Å². The quantitative estimate of drug-likeness (QED) is 0.522. The Morgan fingerprint density at radius 1 is 1.33 bits per heavy atom. The molecule has 0 spiro atoms. The van der Waals surface area contributed by atoms with E-state index in [2.05, 4.69) is 6.58 Å². The second kappa shape index (κ2) is 5.95. The number of hydrogen-bond donors (Lipinski definition) is 1. The van der Waals surface area contributed by atoms with Crippen molar-refractivity contribution in [3.8, 4) is 5.75 Å². The maximum Gasteiger partial charge on any atom is 0.514 e. The Bertz CT molecular complexity index is 575. The average molecular weight is 294 g/mol. The molecule has 1 aromatic rings. The summed E-state index contributed by atoms with van der Waals surface area (Å²) in [6.07, 6.45) is 3.57. The first-order valence-corrected chi connectivity index (χ1v) is 6.53. The maximum atomic E-state index is 13.5. The van der Waals surface area contributed by atoms with E-state index in [0.29, 0.717) is 12.8 Å². The summed E-state index contributed by atoms with van der Waals surface area (Å²) in [5.74, 6) is -2.56. The number of benzene rings is 1. The molecular formula is C15H15FO5. The molecule has 2 rings (SSSR count). The lowest BCUT2D eigenvalue weighted by molar-refractivity contribution is 0.0193. The number of carbonyl (C=O) groups is 2. The molecule has 5 nitrogen and oxygen atoms in total. The van der Waals surface area contributed by atoms with E-state index in [-0.39, 0.29) is 5.56 Å². The average Bonchev–Trinajstić information content (AvgIpc) is 2.90. The summed E-state index contributed by atoms with van der Waals surface area (Å²) in [6.45, 7) is 3.65. The number of carboxylic acids is 1. The largest absolute Gasteiger partial charge is 0.514 e. The summed E-state index contributed by atoms with van der Waals surface area (Å²) < 4.78 is 23.5. The van der Waals surface area contributed by atoms with Crippen LogP contribution in [0.4, 0.5) is 9.18 Å². The van der Waals surface area contributed by atoms with Crippen LogP contribution in [0.25, 0.3) is 0 Å². The van der Waals surface area contributed by atoms with Crippen LogP contribution in [0.5, 0.6) is 5.75 Å². The van der Waals surface area contributed by atoms with Crippen LogP contribution in [0.3, 0.4) is 0 Å². The van der Waals surface area contributed by atoms with Gasteiger partial charge in [-0.2, -0.15) is 0 Å². The van der Waals surface area contributed by atoms with Crippen molar-refractivity contribution in [2.24, 2.45) is 0 Å². The Kier molecular flexibility index (Phi) is 4.26. The van der Waals surface area contributed by atoms with E-state index in [0.717, 1.165) is 31.0 Å². The number of rotatable bonds is 4. The first-order valence-electron chi connectivity index (χ1n) is 6.53. The van der Waals surface area contributed by atoms with Gasteiger partial charge in [0.25, 0.3) is 0 Å². The molecule has 0 unspecified atom stereocenters. The van der Waals surface area contributed by atoms with Crippen molar-refractivity contribution >= 4 is 12.1 Å². The molecule has 112 valence electrons. The lowest BCUT2D eigenvalue weighted by atomic mass is 10.0. The smallest absolute Gasteiger partial charge is 0.478 e. The van der Waals surface area contributed by atoms with E-state index in [1.54, 1.807) is 6.08 Å². The molecule has 0 heterocycles. The third kappa shape index (κ3) is 3.39. The van der Waals surface area contributed by atoms with Crippen molar-refractivity contribution in [3.63, 3.8) is 0 Å². The summed E-state index contributed by atoms with van der Waals surface area (Å²) in [6, 6.07) is 2.94. The molecule has 0 radical (unpaired) electrons. The fourth-order valence-electron chi connectivity index (χ4n) is 2.31. The Hall–Kier alpha value is -2.37. The molecule has 1 fully saturated rings. The fourth-order valence-corrected chi connectivity index (χ4v) is 2.31. The number of halogens is 1. The molecule has 0 aliphatic heterocycles. The van der Waals surface area contributed by atoms with E-state index >= 15 is 0 Å². The summed E-state index contributed by atoms with van der Waals surface area (Å²) in [5, 5.41) is 8.84. The molecule has 6 heteroatoms. The van der Waals surface area contributed by atoms with Gasteiger partial charge in [0.15, 0.2) is 11.6 Å². The van der Waals surface area contributed by atoms with Crippen molar-refractivity contribution in [2.75, 3.05) is 0 Å². The van der Waals surface area contributed by atoms with Gasteiger partial charge in [-0.05, 0) is 50.0 Å². The van der Waals surface area contributed by atoms with Crippen molar-refractivity contribution in [1.29, 1.82) is 0 Å². The van der Waals surface area contributed by atoms with Crippen molar-refractivity contribution < 1.29 is 28.6 Å². The number of aromatic carboxylic acids is 1. The van der Waals surface area contributed by atoms with Crippen LogP contribution in [-0.2, 0) is 4.74 Å². The number of ether oxygens (including phenoxy) is 2. The Morgan fingerprint density at radius 3 is 2.57 bits per heavy atom. The van der Waals surface area contributed by atoms with E-state index in [9.17, 15) is 14.0 Å². The predicted octanol–water partition coefficient (Wildman–Crippen LogP) is 3.54. The minimum atomic E-state index is -1.24. The Labute approximate surface area is 121 Å². The number of carboxylic acid groups (broad SMARTS) is 1. The molecule has 1 aromatic carbocycles. The minimum Gasteiger partial charge on any atom is -0.478 e. The zero-order valence-corrected chi connectivity index (χ0v) is 11.3. The number of hydrogen-bond acceptors (Lipinski definition) is 4. The molecule has 0 saturated heterocycles. The zero-order chi connectivity index (χ0) is 15.5. The van der Waals surface area contributed by atoms with Gasteiger partial charge in [0.1, 0.15) is 5.60 Å². The van der Waals surface area contributed by atoms with Crippen LogP contribution in [0.2, 0.25) is 0 Å². The monoisotopic (exact) mass is 294 g/mol. The summed E-state index contributed by atoms with van der Waals surface area (Å²) in [5.41, 5.74) is -0.962. The molecule has 21 heavy (non-hydrogen) atoms. The van der Waals surface area contributed by atoms with Gasteiger partial charge in [-0.15, -0.1) is 0 Å². The molecule has 0 aromatic heterocycles. The number of carbonyl (C=O) groups excluding carboxylic acids is 1. The lowest BCUT2D eigenvalue weighted by Crippen LogP contribution is -2.31. The first-order chi connectivity index (χ1) is 9.96. The second-order valence-electron chi connectivity index (χ2n) is 4.88. The molecule has 1 aliphatic rings. The summed E-state index contributed by atoms with van der Waals surface area (Å²) in [4.78, 5) is 22.6. The SMILES string of the molecule is C=CC1(OC(=O)Oc2cc(C(=O)O)ccc2F)CCCC1. The van der Waals surface area contributed by atoms with Crippen molar-refractivity contribution in [3.05, 3.63) is 42.2 Å². The topological polar surface area (TPSA) is 72.8 Å². The van der Waals surface area contributed by atoms with Gasteiger partial charge in [-0.25, -0.2) is 14.0 Å². The van der Waals surface area contributed by atoms with E-state index in [4.69, 9.17) is 14.6 Å².